The lowest BCUT2D eigenvalue weighted by atomic mass is 10.2. The Kier molecular flexibility index (Phi) is 5.04. The molecule has 0 aliphatic carbocycles. The molecular weight excluding hydrogens is 354 g/mol. The third-order valence-electron chi connectivity index (χ3n) is 3.83. The van der Waals surface area contributed by atoms with Gasteiger partial charge in [-0.05, 0) is 36.5 Å². The monoisotopic (exact) mass is 371 g/mol. The number of H-pyrrole nitrogens is 1. The highest BCUT2D eigenvalue weighted by atomic mass is 32.1. The summed E-state index contributed by atoms with van der Waals surface area (Å²) in [7, 11) is 4.58. The molecule has 0 unspecified atom stereocenters. The van der Waals surface area contributed by atoms with Crippen LogP contribution in [0.3, 0.4) is 0 Å². The van der Waals surface area contributed by atoms with E-state index in [1.54, 1.807) is 37.4 Å². The van der Waals surface area contributed by atoms with E-state index in [9.17, 15) is 4.79 Å². The van der Waals surface area contributed by atoms with E-state index >= 15 is 0 Å². The summed E-state index contributed by atoms with van der Waals surface area (Å²) in [4.78, 5) is 15.6. The number of rotatable bonds is 5. The van der Waals surface area contributed by atoms with Crippen LogP contribution >= 0.6 is 12.2 Å². The first-order valence-corrected chi connectivity index (χ1v) is 8.09. The lowest BCUT2D eigenvalue weighted by molar-refractivity contribution is 0.324. The number of para-hydroxylation sites is 1. The summed E-state index contributed by atoms with van der Waals surface area (Å²) in [6.45, 7) is 0. The smallest absolute Gasteiger partial charge is 0.282 e. The van der Waals surface area contributed by atoms with E-state index in [0.717, 1.165) is 4.68 Å². The summed E-state index contributed by atoms with van der Waals surface area (Å²) < 4.78 is 17.3. The van der Waals surface area contributed by atoms with Gasteiger partial charge in [-0.1, -0.05) is 12.1 Å². The maximum atomic E-state index is 12.6. The fourth-order valence-corrected chi connectivity index (χ4v) is 2.84. The number of aromatic nitrogens is 2. The van der Waals surface area contributed by atoms with Crippen LogP contribution in [0.15, 0.2) is 46.3 Å². The molecule has 1 N–H and O–H groups in total. The molecule has 0 spiro atoms. The molecule has 3 rings (SSSR count). The zero-order valence-corrected chi connectivity index (χ0v) is 15.3. The van der Waals surface area contributed by atoms with Gasteiger partial charge in [0.15, 0.2) is 11.5 Å². The molecule has 134 valence electrons. The normalized spacial score (nSPS) is 11.0. The standard InChI is InChI=1S/C18H17N3O4S/c1-23-14-9-8-11(15(24-2)16(14)25-3)10-19-21-17(22)12-6-4-5-7-13(12)20-18(21)26/h4-10H,1-3H3,(H,20,26)/b19-10-. The Morgan fingerprint density at radius 1 is 1.04 bits per heavy atom. The minimum Gasteiger partial charge on any atom is -0.493 e. The van der Waals surface area contributed by atoms with E-state index in [1.165, 1.54) is 20.4 Å². The Bertz CT molecular complexity index is 1100. The molecule has 3 aromatic rings. The Labute approximate surface area is 154 Å². The van der Waals surface area contributed by atoms with Crippen LogP contribution in [0, 0.1) is 4.77 Å². The van der Waals surface area contributed by atoms with E-state index in [-0.39, 0.29) is 10.3 Å². The topological polar surface area (TPSA) is 77.8 Å². The van der Waals surface area contributed by atoms with Gasteiger partial charge in [-0.25, -0.2) is 0 Å². The third-order valence-corrected chi connectivity index (χ3v) is 4.11. The average molecular weight is 371 g/mol. The Balaban J connectivity index is 2.13. The van der Waals surface area contributed by atoms with Gasteiger partial charge < -0.3 is 19.2 Å². The third kappa shape index (κ3) is 3.06. The quantitative estimate of drug-likeness (QED) is 0.551. The number of benzene rings is 2. The number of nitrogens with zero attached hydrogens (tertiary/aromatic N) is 2. The van der Waals surface area contributed by atoms with Crippen molar-refractivity contribution in [2.24, 2.45) is 5.10 Å². The van der Waals surface area contributed by atoms with Crippen molar-refractivity contribution >= 4 is 29.3 Å². The molecule has 1 aromatic heterocycles. The van der Waals surface area contributed by atoms with E-state index in [4.69, 9.17) is 26.4 Å². The molecule has 7 nitrogen and oxygen atoms in total. The molecule has 2 aromatic carbocycles. The van der Waals surface area contributed by atoms with Gasteiger partial charge in [0.1, 0.15) is 0 Å². The average Bonchev–Trinajstić information content (AvgIpc) is 2.66. The maximum Gasteiger partial charge on any atom is 0.282 e. The largest absolute Gasteiger partial charge is 0.493 e. The molecule has 26 heavy (non-hydrogen) atoms. The summed E-state index contributed by atoms with van der Waals surface area (Å²) in [5.74, 6) is 1.41. The van der Waals surface area contributed by atoms with E-state index in [2.05, 4.69) is 10.1 Å². The minimum atomic E-state index is -0.306. The van der Waals surface area contributed by atoms with Crippen molar-refractivity contribution in [1.82, 2.24) is 9.66 Å². The number of methoxy groups -OCH3 is 3. The first-order valence-electron chi connectivity index (χ1n) is 7.68. The molecular formula is C18H17N3O4S. The van der Waals surface area contributed by atoms with Gasteiger partial charge in [0.2, 0.25) is 10.5 Å². The van der Waals surface area contributed by atoms with Crippen LogP contribution in [0.4, 0.5) is 0 Å². The summed E-state index contributed by atoms with van der Waals surface area (Å²) >= 11 is 5.25. The van der Waals surface area contributed by atoms with Gasteiger partial charge in [-0.3, -0.25) is 4.79 Å². The van der Waals surface area contributed by atoms with Crippen molar-refractivity contribution in [3.8, 4) is 17.2 Å². The zero-order chi connectivity index (χ0) is 18.7. The van der Waals surface area contributed by atoms with Crippen molar-refractivity contribution < 1.29 is 14.2 Å². The van der Waals surface area contributed by atoms with Crippen molar-refractivity contribution in [2.75, 3.05) is 21.3 Å². The number of nitrogens with one attached hydrogen (secondary N) is 1. The first kappa shape index (κ1) is 17.7. The summed E-state index contributed by atoms with van der Waals surface area (Å²) in [6.07, 6.45) is 1.49. The van der Waals surface area contributed by atoms with Gasteiger partial charge in [-0.2, -0.15) is 9.78 Å². The summed E-state index contributed by atoms with van der Waals surface area (Å²) in [5.41, 5.74) is 0.970. The van der Waals surface area contributed by atoms with Crippen molar-refractivity contribution in [2.45, 2.75) is 0 Å². The van der Waals surface area contributed by atoms with Crippen molar-refractivity contribution in [1.29, 1.82) is 0 Å². The second-order valence-corrected chi connectivity index (χ2v) is 5.65. The van der Waals surface area contributed by atoms with Gasteiger partial charge in [0.05, 0.1) is 38.4 Å². The molecule has 0 bridgehead atoms. The van der Waals surface area contributed by atoms with Crippen LogP contribution in [0.2, 0.25) is 0 Å². The fourth-order valence-electron chi connectivity index (χ4n) is 2.60. The lowest BCUT2D eigenvalue weighted by Crippen LogP contribution is -2.18. The molecule has 0 atom stereocenters. The molecule has 0 radical (unpaired) electrons. The number of hydrogen-bond donors (Lipinski definition) is 1. The molecule has 0 saturated carbocycles. The highest BCUT2D eigenvalue weighted by Crippen LogP contribution is 2.38. The number of aromatic amines is 1. The van der Waals surface area contributed by atoms with Crippen LogP contribution in [0.5, 0.6) is 17.2 Å². The molecule has 0 aliphatic heterocycles. The first-order chi connectivity index (χ1) is 12.6. The summed E-state index contributed by atoms with van der Waals surface area (Å²) in [5, 5.41) is 4.73. The van der Waals surface area contributed by atoms with Crippen LogP contribution in [-0.2, 0) is 0 Å². The number of ether oxygens (including phenoxy) is 3. The van der Waals surface area contributed by atoms with E-state index < -0.39 is 0 Å². The lowest BCUT2D eigenvalue weighted by Gasteiger charge is -2.13. The minimum absolute atomic E-state index is 0.199. The molecule has 8 heteroatoms. The highest BCUT2D eigenvalue weighted by molar-refractivity contribution is 7.71. The Hall–Kier alpha value is -3.13. The number of fused-ring (bicyclic) bond motifs is 1. The summed E-state index contributed by atoms with van der Waals surface area (Å²) in [6, 6.07) is 10.6. The maximum absolute atomic E-state index is 12.6. The van der Waals surface area contributed by atoms with Crippen LogP contribution < -0.4 is 19.8 Å². The second kappa shape index (κ2) is 7.40. The zero-order valence-electron chi connectivity index (χ0n) is 14.5. The van der Waals surface area contributed by atoms with E-state index in [1.807, 2.05) is 6.07 Å². The fraction of sp³-hybridized carbons (Fsp3) is 0.167. The van der Waals surface area contributed by atoms with Gasteiger partial charge in [0.25, 0.3) is 5.56 Å². The molecule has 1 heterocycles. The molecule has 0 saturated heterocycles. The van der Waals surface area contributed by atoms with Gasteiger partial charge in [-0.15, -0.1) is 0 Å². The molecule has 0 amide bonds. The van der Waals surface area contributed by atoms with E-state index in [0.29, 0.717) is 33.7 Å². The second-order valence-electron chi connectivity index (χ2n) is 5.26. The highest BCUT2D eigenvalue weighted by Gasteiger charge is 2.14. The van der Waals surface area contributed by atoms with Crippen LogP contribution in [-0.4, -0.2) is 37.2 Å². The van der Waals surface area contributed by atoms with Crippen molar-refractivity contribution in [3.05, 3.63) is 57.1 Å². The van der Waals surface area contributed by atoms with Crippen LogP contribution in [0.25, 0.3) is 10.9 Å². The van der Waals surface area contributed by atoms with Gasteiger partial charge >= 0.3 is 0 Å². The number of hydrogen-bond acceptors (Lipinski definition) is 6. The Morgan fingerprint density at radius 3 is 2.46 bits per heavy atom. The SMILES string of the molecule is COc1ccc(/C=N\n2c(=S)[nH]c3ccccc3c2=O)c(OC)c1OC. The predicted molar refractivity (Wildman–Crippen MR) is 102 cm³/mol. The van der Waals surface area contributed by atoms with Crippen LogP contribution in [0.1, 0.15) is 5.56 Å². The molecule has 0 fully saturated rings. The van der Waals surface area contributed by atoms with Gasteiger partial charge in [0, 0.05) is 5.56 Å². The van der Waals surface area contributed by atoms with Crippen molar-refractivity contribution in [3.63, 3.8) is 0 Å². The molecule has 0 aliphatic rings. The Morgan fingerprint density at radius 2 is 1.77 bits per heavy atom. The predicted octanol–water partition coefficient (Wildman–Crippen LogP) is 2.97.